The predicted molar refractivity (Wildman–Crippen MR) is 82.5 cm³/mol. The zero-order valence-electron chi connectivity index (χ0n) is 14.3. The van der Waals surface area contributed by atoms with E-state index in [0.29, 0.717) is 16.6 Å². The topological polar surface area (TPSA) is 81.2 Å². The molecule has 0 bridgehead atoms. The van der Waals surface area contributed by atoms with Crippen LogP contribution in [0.15, 0.2) is 24.3 Å². The SMILES string of the molecule is CCOC(=O)[C@](NC(=O)CC)([NH2+]Cc1ccccc1OC)C(F)(F)F. The summed E-state index contributed by atoms with van der Waals surface area (Å²) in [6, 6.07) is 6.47. The van der Waals surface area contributed by atoms with Crippen molar-refractivity contribution >= 4 is 11.9 Å². The van der Waals surface area contributed by atoms with E-state index in [1.165, 1.54) is 21.0 Å². The normalized spacial score (nSPS) is 13.7. The molecule has 0 radical (unpaired) electrons. The fraction of sp³-hybridized carbons (Fsp3) is 0.500. The summed E-state index contributed by atoms with van der Waals surface area (Å²) in [4.78, 5) is 23.8. The van der Waals surface area contributed by atoms with E-state index in [1.807, 2.05) is 0 Å². The Hall–Kier alpha value is -2.29. The summed E-state index contributed by atoms with van der Waals surface area (Å²) in [6.07, 6.45) is -5.27. The summed E-state index contributed by atoms with van der Waals surface area (Å²) in [5.74, 6) is -2.11. The van der Waals surface area contributed by atoms with Gasteiger partial charge in [0.2, 0.25) is 5.91 Å². The van der Waals surface area contributed by atoms with Crippen LogP contribution in [-0.4, -0.2) is 37.4 Å². The number of alkyl halides is 3. The number of nitrogens with one attached hydrogen (secondary N) is 1. The van der Waals surface area contributed by atoms with Crippen LogP contribution in [0.25, 0.3) is 0 Å². The van der Waals surface area contributed by atoms with Gasteiger partial charge in [-0.25, -0.2) is 4.79 Å². The molecule has 1 aromatic rings. The quantitative estimate of drug-likeness (QED) is 0.536. The molecular formula is C16H22F3N2O4+. The zero-order valence-corrected chi connectivity index (χ0v) is 14.3. The van der Waals surface area contributed by atoms with Crippen LogP contribution < -0.4 is 15.4 Å². The molecule has 140 valence electrons. The number of carbonyl (C=O) groups is 2. The van der Waals surface area contributed by atoms with Gasteiger partial charge in [0.1, 0.15) is 12.3 Å². The number of benzene rings is 1. The second-order valence-corrected chi connectivity index (χ2v) is 5.15. The minimum Gasteiger partial charge on any atom is -0.496 e. The van der Waals surface area contributed by atoms with E-state index in [-0.39, 0.29) is 19.6 Å². The first-order chi connectivity index (χ1) is 11.7. The van der Waals surface area contributed by atoms with Crippen LogP contribution in [0.4, 0.5) is 13.2 Å². The highest BCUT2D eigenvalue weighted by atomic mass is 19.4. The smallest absolute Gasteiger partial charge is 0.478 e. The Kier molecular flexibility index (Phi) is 7.22. The van der Waals surface area contributed by atoms with Crippen molar-refractivity contribution in [1.82, 2.24) is 5.32 Å². The molecule has 0 spiro atoms. The van der Waals surface area contributed by atoms with Crippen molar-refractivity contribution in [3.05, 3.63) is 29.8 Å². The van der Waals surface area contributed by atoms with E-state index in [9.17, 15) is 22.8 Å². The Bertz CT molecular complexity index is 607. The van der Waals surface area contributed by atoms with Gasteiger partial charge >= 0.3 is 17.8 Å². The molecule has 0 heterocycles. The summed E-state index contributed by atoms with van der Waals surface area (Å²) in [6.45, 7) is 2.27. The first-order valence-corrected chi connectivity index (χ1v) is 7.73. The third-order valence-corrected chi connectivity index (χ3v) is 3.52. The van der Waals surface area contributed by atoms with E-state index in [4.69, 9.17) is 4.74 Å². The van der Waals surface area contributed by atoms with E-state index in [1.54, 1.807) is 29.6 Å². The monoisotopic (exact) mass is 363 g/mol. The molecule has 1 amide bonds. The van der Waals surface area contributed by atoms with Crippen molar-refractivity contribution in [2.75, 3.05) is 13.7 Å². The third-order valence-electron chi connectivity index (χ3n) is 3.52. The lowest BCUT2D eigenvalue weighted by Crippen LogP contribution is -3.06. The molecule has 25 heavy (non-hydrogen) atoms. The van der Waals surface area contributed by atoms with E-state index in [2.05, 4.69) is 4.74 Å². The Morgan fingerprint density at radius 1 is 1.20 bits per heavy atom. The fourth-order valence-electron chi connectivity index (χ4n) is 2.18. The number of carbonyl (C=O) groups excluding carboxylic acids is 2. The molecule has 6 nitrogen and oxygen atoms in total. The maximum Gasteiger partial charge on any atom is 0.478 e. The second-order valence-electron chi connectivity index (χ2n) is 5.15. The molecule has 1 aromatic carbocycles. The number of hydrogen-bond acceptors (Lipinski definition) is 4. The van der Waals surface area contributed by atoms with Crippen molar-refractivity contribution in [3.8, 4) is 5.75 Å². The number of hydrogen-bond donors (Lipinski definition) is 2. The van der Waals surface area contributed by atoms with Gasteiger partial charge in [-0.1, -0.05) is 19.1 Å². The van der Waals surface area contributed by atoms with Gasteiger partial charge < -0.3 is 14.8 Å². The molecule has 0 fully saturated rings. The largest absolute Gasteiger partial charge is 0.496 e. The molecule has 0 aliphatic heterocycles. The van der Waals surface area contributed by atoms with Crippen molar-refractivity contribution in [1.29, 1.82) is 0 Å². The molecule has 0 aliphatic carbocycles. The summed E-state index contributed by atoms with van der Waals surface area (Å²) in [5, 5.41) is 2.48. The molecule has 0 aliphatic rings. The van der Waals surface area contributed by atoms with Gasteiger partial charge in [-0.3, -0.25) is 10.1 Å². The maximum absolute atomic E-state index is 13.8. The number of quaternary nitrogens is 1. The summed E-state index contributed by atoms with van der Waals surface area (Å²) < 4.78 is 50.9. The lowest BCUT2D eigenvalue weighted by molar-refractivity contribution is -0.757. The van der Waals surface area contributed by atoms with Crippen molar-refractivity contribution in [2.45, 2.75) is 38.7 Å². The van der Waals surface area contributed by atoms with E-state index < -0.39 is 23.7 Å². The van der Waals surface area contributed by atoms with E-state index in [0.717, 1.165) is 0 Å². The first kappa shape index (κ1) is 20.8. The highest BCUT2D eigenvalue weighted by Gasteiger charge is 2.67. The van der Waals surface area contributed by atoms with Crippen LogP contribution in [0.1, 0.15) is 25.8 Å². The number of para-hydroxylation sites is 1. The number of ether oxygens (including phenoxy) is 2. The fourth-order valence-corrected chi connectivity index (χ4v) is 2.18. The van der Waals surface area contributed by atoms with Crippen molar-refractivity contribution in [3.63, 3.8) is 0 Å². The van der Waals surface area contributed by atoms with Gasteiger partial charge in [-0.05, 0) is 19.1 Å². The average Bonchev–Trinajstić information content (AvgIpc) is 2.57. The number of methoxy groups -OCH3 is 1. The van der Waals surface area contributed by atoms with Crippen LogP contribution in [0.5, 0.6) is 5.75 Å². The number of amides is 1. The molecule has 3 N–H and O–H groups in total. The molecule has 1 rings (SSSR count). The van der Waals surface area contributed by atoms with Gasteiger partial charge in [0.15, 0.2) is 0 Å². The number of esters is 1. The standard InChI is InChI=1S/C16H21F3N2O4/c1-4-13(22)21-15(16(17,18)19,14(23)25-5-2)20-10-11-8-6-7-9-12(11)24-3/h6-9,20H,4-5,10H2,1-3H3,(H,21,22)/p+1/t15-/m1/s1. The third kappa shape index (κ3) is 4.85. The maximum atomic E-state index is 13.8. The summed E-state index contributed by atoms with van der Waals surface area (Å²) in [7, 11) is 1.39. The minimum absolute atomic E-state index is 0.209. The Labute approximate surface area is 143 Å². The van der Waals surface area contributed by atoms with Crippen LogP contribution in [0.2, 0.25) is 0 Å². The van der Waals surface area contributed by atoms with Crippen molar-refractivity contribution < 1.29 is 37.6 Å². The van der Waals surface area contributed by atoms with Crippen LogP contribution in [-0.2, 0) is 20.9 Å². The number of halogens is 3. The Morgan fingerprint density at radius 3 is 2.36 bits per heavy atom. The zero-order chi connectivity index (χ0) is 19.1. The first-order valence-electron chi connectivity index (χ1n) is 7.73. The molecule has 0 unspecified atom stereocenters. The average molecular weight is 363 g/mol. The molecular weight excluding hydrogens is 341 g/mol. The molecule has 0 saturated carbocycles. The predicted octanol–water partition coefficient (Wildman–Crippen LogP) is 1.11. The van der Waals surface area contributed by atoms with E-state index >= 15 is 0 Å². The second kappa shape index (κ2) is 8.70. The lowest BCUT2D eigenvalue weighted by atomic mass is 10.1. The molecule has 0 saturated heterocycles. The Balaban J connectivity index is 3.23. The van der Waals surface area contributed by atoms with Gasteiger partial charge in [-0.15, -0.1) is 0 Å². The number of nitrogens with two attached hydrogens (primary N) is 1. The highest BCUT2D eigenvalue weighted by Crippen LogP contribution is 2.27. The van der Waals surface area contributed by atoms with Crippen molar-refractivity contribution in [2.24, 2.45) is 0 Å². The van der Waals surface area contributed by atoms with Crippen LogP contribution >= 0.6 is 0 Å². The molecule has 9 heteroatoms. The van der Waals surface area contributed by atoms with Gasteiger partial charge in [0.25, 0.3) is 0 Å². The minimum atomic E-state index is -5.06. The van der Waals surface area contributed by atoms with Gasteiger partial charge in [0, 0.05) is 12.0 Å². The summed E-state index contributed by atoms with van der Waals surface area (Å²) in [5.41, 5.74) is -2.79. The van der Waals surface area contributed by atoms with Crippen LogP contribution in [0.3, 0.4) is 0 Å². The number of rotatable bonds is 8. The lowest BCUT2D eigenvalue weighted by Gasteiger charge is -2.31. The van der Waals surface area contributed by atoms with Crippen LogP contribution in [0, 0.1) is 0 Å². The molecule has 1 atom stereocenters. The summed E-state index contributed by atoms with van der Waals surface area (Å²) >= 11 is 0. The van der Waals surface area contributed by atoms with Gasteiger partial charge in [-0.2, -0.15) is 13.2 Å². The molecule has 0 aromatic heterocycles. The Morgan fingerprint density at radius 2 is 1.84 bits per heavy atom. The highest BCUT2D eigenvalue weighted by molar-refractivity contribution is 5.87. The van der Waals surface area contributed by atoms with Gasteiger partial charge in [0.05, 0.1) is 13.7 Å².